The molecule has 0 spiro atoms. The number of thioether (sulfide) groups is 1. The van der Waals surface area contributed by atoms with Gasteiger partial charge in [0.15, 0.2) is 0 Å². The summed E-state index contributed by atoms with van der Waals surface area (Å²) < 4.78 is 3.29. The van der Waals surface area contributed by atoms with Crippen LogP contribution in [-0.4, -0.2) is 35.4 Å². The van der Waals surface area contributed by atoms with E-state index in [2.05, 4.69) is 20.1 Å². The number of aromatic nitrogens is 6. The van der Waals surface area contributed by atoms with Gasteiger partial charge < -0.3 is 4.57 Å². The molecule has 0 amide bonds. The summed E-state index contributed by atoms with van der Waals surface area (Å²) in [5.74, 6) is 0.508. The Bertz CT molecular complexity index is 1100. The minimum absolute atomic E-state index is 0.0931. The van der Waals surface area contributed by atoms with Gasteiger partial charge in [0.25, 0.3) is 11.3 Å². The number of hydrogen-bond acceptors (Lipinski definition) is 6. The van der Waals surface area contributed by atoms with Crippen molar-refractivity contribution in [3.63, 3.8) is 0 Å². The lowest BCUT2D eigenvalue weighted by atomic mass is 10.2. The van der Waals surface area contributed by atoms with Crippen molar-refractivity contribution >= 4 is 28.4 Å². The Balaban J connectivity index is 1.94. The maximum absolute atomic E-state index is 12.9. The maximum atomic E-state index is 12.9. The summed E-state index contributed by atoms with van der Waals surface area (Å²) in [4.78, 5) is 25.8. The topological polar surface area (TPSA) is 78.0 Å². The molecule has 0 aromatic carbocycles. The SMILES string of the molecule is CSc1nc2nc(C)c3c(=O)n(Cc4cccnc4)ccc3n2n1. The minimum atomic E-state index is -0.0931. The quantitative estimate of drug-likeness (QED) is 0.531. The van der Waals surface area contributed by atoms with Crippen molar-refractivity contribution in [3.8, 4) is 0 Å². The molecule has 0 bridgehead atoms. The Morgan fingerprint density at radius 1 is 1.25 bits per heavy atom. The molecule has 120 valence electrons. The zero-order valence-electron chi connectivity index (χ0n) is 13.2. The van der Waals surface area contributed by atoms with Crippen LogP contribution in [0.1, 0.15) is 11.3 Å². The van der Waals surface area contributed by atoms with Crippen molar-refractivity contribution in [2.45, 2.75) is 18.6 Å². The van der Waals surface area contributed by atoms with E-state index in [0.717, 1.165) is 11.1 Å². The highest BCUT2D eigenvalue weighted by Crippen LogP contribution is 2.17. The van der Waals surface area contributed by atoms with E-state index in [4.69, 9.17) is 0 Å². The molecule has 24 heavy (non-hydrogen) atoms. The van der Waals surface area contributed by atoms with Crippen molar-refractivity contribution in [2.75, 3.05) is 6.26 Å². The summed E-state index contributed by atoms with van der Waals surface area (Å²) in [5, 5.41) is 5.60. The van der Waals surface area contributed by atoms with Gasteiger partial charge in [-0.25, -0.2) is 4.98 Å². The first-order valence-electron chi connectivity index (χ1n) is 7.37. The summed E-state index contributed by atoms with van der Waals surface area (Å²) in [6.45, 7) is 2.29. The van der Waals surface area contributed by atoms with E-state index in [1.54, 1.807) is 27.7 Å². The van der Waals surface area contributed by atoms with Crippen molar-refractivity contribution < 1.29 is 0 Å². The van der Waals surface area contributed by atoms with Gasteiger partial charge in [-0.15, -0.1) is 5.10 Å². The number of nitrogens with zero attached hydrogens (tertiary/aromatic N) is 6. The van der Waals surface area contributed by atoms with Crippen LogP contribution in [0.4, 0.5) is 0 Å². The Hall–Kier alpha value is -2.74. The second-order valence-corrected chi connectivity index (χ2v) is 6.15. The first-order valence-corrected chi connectivity index (χ1v) is 8.59. The summed E-state index contributed by atoms with van der Waals surface area (Å²) in [5.41, 5.74) is 2.25. The lowest BCUT2D eigenvalue weighted by Crippen LogP contribution is -2.22. The second kappa shape index (κ2) is 5.72. The van der Waals surface area contributed by atoms with Crippen LogP contribution in [0.25, 0.3) is 16.7 Å². The van der Waals surface area contributed by atoms with E-state index in [-0.39, 0.29) is 5.56 Å². The molecule has 8 heteroatoms. The molecule has 0 aliphatic heterocycles. The first-order chi connectivity index (χ1) is 11.7. The standard InChI is InChI=1S/C16H14N6OS/c1-10-13-12(22-15(18-10)19-16(20-22)24-2)5-7-21(14(13)23)9-11-4-3-6-17-8-11/h3-8H,9H2,1-2H3. The molecule has 4 heterocycles. The summed E-state index contributed by atoms with van der Waals surface area (Å²) in [7, 11) is 0. The third-order valence-electron chi connectivity index (χ3n) is 3.83. The largest absolute Gasteiger partial charge is 0.310 e. The molecule has 0 radical (unpaired) electrons. The Labute approximate surface area is 141 Å². The average Bonchev–Trinajstić information content (AvgIpc) is 3.01. The predicted octanol–water partition coefficient (Wildman–Crippen LogP) is 1.91. The lowest BCUT2D eigenvalue weighted by Gasteiger charge is -2.09. The van der Waals surface area contributed by atoms with Crippen LogP contribution in [0.5, 0.6) is 0 Å². The summed E-state index contributed by atoms with van der Waals surface area (Å²) in [6.07, 6.45) is 7.15. The molecule has 0 N–H and O–H groups in total. The van der Waals surface area contributed by atoms with Crippen LogP contribution in [0.15, 0.2) is 46.7 Å². The van der Waals surface area contributed by atoms with E-state index in [1.807, 2.05) is 31.4 Å². The van der Waals surface area contributed by atoms with Gasteiger partial charge in [0.1, 0.15) is 0 Å². The van der Waals surface area contributed by atoms with Crippen molar-refractivity contribution in [1.82, 2.24) is 29.1 Å². The van der Waals surface area contributed by atoms with Gasteiger partial charge in [-0.2, -0.15) is 9.50 Å². The molecule has 4 rings (SSSR count). The fourth-order valence-corrected chi connectivity index (χ4v) is 3.04. The smallest absolute Gasteiger partial charge is 0.262 e. The summed E-state index contributed by atoms with van der Waals surface area (Å²) >= 11 is 1.44. The number of aryl methyl sites for hydroxylation is 1. The zero-order valence-corrected chi connectivity index (χ0v) is 14.0. The third kappa shape index (κ3) is 2.35. The van der Waals surface area contributed by atoms with Gasteiger partial charge in [-0.1, -0.05) is 17.8 Å². The molecular weight excluding hydrogens is 324 g/mol. The summed E-state index contributed by atoms with van der Waals surface area (Å²) in [6, 6.07) is 5.69. The highest BCUT2D eigenvalue weighted by molar-refractivity contribution is 7.98. The molecule has 0 atom stereocenters. The predicted molar refractivity (Wildman–Crippen MR) is 92.4 cm³/mol. The second-order valence-electron chi connectivity index (χ2n) is 5.38. The Morgan fingerprint density at radius 3 is 2.88 bits per heavy atom. The molecule has 0 unspecified atom stereocenters. The number of pyridine rings is 2. The van der Waals surface area contributed by atoms with E-state index in [1.165, 1.54) is 11.8 Å². The fourth-order valence-electron chi connectivity index (χ4n) is 2.71. The van der Waals surface area contributed by atoms with Gasteiger partial charge in [0.05, 0.1) is 23.1 Å². The average molecular weight is 338 g/mol. The minimum Gasteiger partial charge on any atom is -0.310 e. The Morgan fingerprint density at radius 2 is 2.12 bits per heavy atom. The van der Waals surface area contributed by atoms with E-state index >= 15 is 0 Å². The zero-order chi connectivity index (χ0) is 16.7. The van der Waals surface area contributed by atoms with Gasteiger partial charge in [-0.05, 0) is 30.9 Å². The first kappa shape index (κ1) is 14.8. The van der Waals surface area contributed by atoms with Gasteiger partial charge in [0, 0.05) is 18.6 Å². The van der Waals surface area contributed by atoms with Crippen LogP contribution in [0.2, 0.25) is 0 Å². The molecule has 0 aliphatic carbocycles. The fraction of sp³-hybridized carbons (Fsp3) is 0.188. The number of hydrogen-bond donors (Lipinski definition) is 0. The normalized spacial score (nSPS) is 11.4. The maximum Gasteiger partial charge on any atom is 0.262 e. The monoisotopic (exact) mass is 338 g/mol. The van der Waals surface area contributed by atoms with E-state index in [0.29, 0.717) is 28.6 Å². The van der Waals surface area contributed by atoms with Crippen LogP contribution >= 0.6 is 11.8 Å². The number of rotatable bonds is 3. The van der Waals surface area contributed by atoms with Crippen LogP contribution in [0, 0.1) is 6.92 Å². The number of fused-ring (bicyclic) bond motifs is 3. The van der Waals surface area contributed by atoms with Crippen LogP contribution < -0.4 is 5.56 Å². The van der Waals surface area contributed by atoms with Gasteiger partial charge in [-0.3, -0.25) is 9.78 Å². The van der Waals surface area contributed by atoms with Gasteiger partial charge in [0.2, 0.25) is 5.16 Å². The molecule has 0 fully saturated rings. The van der Waals surface area contributed by atoms with Crippen molar-refractivity contribution in [2.24, 2.45) is 0 Å². The highest BCUT2D eigenvalue weighted by atomic mass is 32.2. The van der Waals surface area contributed by atoms with E-state index < -0.39 is 0 Å². The third-order valence-corrected chi connectivity index (χ3v) is 4.37. The van der Waals surface area contributed by atoms with Gasteiger partial charge >= 0.3 is 0 Å². The molecule has 0 saturated carbocycles. The van der Waals surface area contributed by atoms with Crippen molar-refractivity contribution in [3.05, 3.63) is 58.4 Å². The Kier molecular flexibility index (Phi) is 3.53. The molecule has 7 nitrogen and oxygen atoms in total. The van der Waals surface area contributed by atoms with Crippen molar-refractivity contribution in [1.29, 1.82) is 0 Å². The lowest BCUT2D eigenvalue weighted by molar-refractivity contribution is 0.761. The molecule has 4 aromatic rings. The van der Waals surface area contributed by atoms with Crippen LogP contribution in [-0.2, 0) is 6.54 Å². The highest BCUT2D eigenvalue weighted by Gasteiger charge is 2.14. The molecule has 0 saturated heterocycles. The molecule has 0 aliphatic rings. The molecule has 4 aromatic heterocycles. The molecular formula is C16H14N6OS. The van der Waals surface area contributed by atoms with E-state index in [9.17, 15) is 4.79 Å². The van der Waals surface area contributed by atoms with Crippen LogP contribution in [0.3, 0.4) is 0 Å².